The first-order chi connectivity index (χ1) is 10.1. The van der Waals surface area contributed by atoms with E-state index in [0.717, 1.165) is 19.3 Å². The summed E-state index contributed by atoms with van der Waals surface area (Å²) >= 11 is 0. The molecule has 116 valence electrons. The van der Waals surface area contributed by atoms with E-state index in [0.29, 0.717) is 24.3 Å². The van der Waals surface area contributed by atoms with Crippen LogP contribution < -0.4 is 9.47 Å². The third-order valence-corrected chi connectivity index (χ3v) is 3.28. The third-order valence-electron chi connectivity index (χ3n) is 3.28. The van der Waals surface area contributed by atoms with Crippen molar-refractivity contribution < 1.29 is 19.1 Å². The number of hydrogen-bond donors (Lipinski definition) is 0. The molecule has 0 heterocycles. The van der Waals surface area contributed by atoms with Crippen LogP contribution in [0.5, 0.6) is 11.5 Å². The molecule has 0 saturated carbocycles. The molecule has 4 heteroatoms. The van der Waals surface area contributed by atoms with Crippen molar-refractivity contribution in [1.82, 2.24) is 0 Å². The van der Waals surface area contributed by atoms with E-state index in [2.05, 4.69) is 6.92 Å². The van der Waals surface area contributed by atoms with Crippen molar-refractivity contribution in [2.24, 2.45) is 5.92 Å². The fourth-order valence-electron chi connectivity index (χ4n) is 1.69. The van der Waals surface area contributed by atoms with Gasteiger partial charge >= 0.3 is 11.9 Å². The molecule has 0 amide bonds. The molecular formula is C17H24O4. The highest BCUT2D eigenvalue weighted by Gasteiger charge is 2.16. The summed E-state index contributed by atoms with van der Waals surface area (Å²) in [6.45, 7) is 5.81. The van der Waals surface area contributed by atoms with Crippen LogP contribution in [0.1, 0.15) is 52.9 Å². The van der Waals surface area contributed by atoms with E-state index in [1.807, 2.05) is 13.8 Å². The lowest BCUT2D eigenvalue weighted by atomic mass is 10.1. The van der Waals surface area contributed by atoms with E-state index in [9.17, 15) is 9.59 Å². The normalized spacial score (nSPS) is 11.8. The van der Waals surface area contributed by atoms with Crippen molar-refractivity contribution in [3.05, 3.63) is 24.3 Å². The Hall–Kier alpha value is -1.84. The molecule has 0 fully saturated rings. The molecule has 1 rings (SSSR count). The third kappa shape index (κ3) is 5.98. The summed E-state index contributed by atoms with van der Waals surface area (Å²) in [4.78, 5) is 23.6. The quantitative estimate of drug-likeness (QED) is 0.411. The molecule has 21 heavy (non-hydrogen) atoms. The van der Waals surface area contributed by atoms with Crippen molar-refractivity contribution in [2.75, 3.05) is 0 Å². The maximum Gasteiger partial charge on any atom is 0.314 e. The van der Waals surface area contributed by atoms with Gasteiger partial charge in [0.2, 0.25) is 0 Å². The van der Waals surface area contributed by atoms with E-state index in [1.54, 1.807) is 24.3 Å². The molecule has 1 unspecified atom stereocenters. The predicted octanol–water partition coefficient (Wildman–Crippen LogP) is 4.12. The van der Waals surface area contributed by atoms with Crippen LogP contribution in [0, 0.1) is 5.92 Å². The maximum absolute atomic E-state index is 11.8. The molecule has 1 aromatic carbocycles. The highest BCUT2D eigenvalue weighted by atomic mass is 16.6. The van der Waals surface area contributed by atoms with Gasteiger partial charge in [0.25, 0.3) is 0 Å². The highest BCUT2D eigenvalue weighted by molar-refractivity contribution is 5.77. The molecular weight excluding hydrogens is 268 g/mol. The summed E-state index contributed by atoms with van der Waals surface area (Å²) in [6, 6.07) is 6.76. The topological polar surface area (TPSA) is 52.6 Å². The van der Waals surface area contributed by atoms with Gasteiger partial charge in [0.15, 0.2) is 11.5 Å². The van der Waals surface area contributed by atoms with Crippen LogP contribution >= 0.6 is 0 Å². The second kappa shape index (κ2) is 9.16. The van der Waals surface area contributed by atoms with Gasteiger partial charge in [0.1, 0.15) is 0 Å². The van der Waals surface area contributed by atoms with Crippen LogP contribution in [0.3, 0.4) is 0 Å². The average Bonchev–Trinajstić information content (AvgIpc) is 2.48. The number of rotatable bonds is 8. The lowest BCUT2D eigenvalue weighted by Gasteiger charge is -2.12. The van der Waals surface area contributed by atoms with Gasteiger partial charge in [-0.25, -0.2) is 0 Å². The molecule has 1 aromatic rings. The number of carbonyl (C=O) groups excluding carboxylic acids is 2. The Kier molecular flexibility index (Phi) is 7.51. The lowest BCUT2D eigenvalue weighted by Crippen LogP contribution is -2.18. The number of benzene rings is 1. The smallest absolute Gasteiger partial charge is 0.314 e. The molecule has 0 aliphatic rings. The lowest BCUT2D eigenvalue weighted by molar-refractivity contribution is -0.139. The molecule has 0 radical (unpaired) electrons. The van der Waals surface area contributed by atoms with Gasteiger partial charge in [-0.15, -0.1) is 0 Å². The van der Waals surface area contributed by atoms with Crippen LogP contribution in [0.25, 0.3) is 0 Å². The largest absolute Gasteiger partial charge is 0.423 e. The van der Waals surface area contributed by atoms with Crippen LogP contribution in [0.2, 0.25) is 0 Å². The fourth-order valence-corrected chi connectivity index (χ4v) is 1.69. The molecule has 4 nitrogen and oxygen atoms in total. The maximum atomic E-state index is 11.8. The highest BCUT2D eigenvalue weighted by Crippen LogP contribution is 2.28. The molecule has 0 spiro atoms. The van der Waals surface area contributed by atoms with E-state index < -0.39 is 0 Å². The van der Waals surface area contributed by atoms with E-state index in [-0.39, 0.29) is 17.9 Å². The Morgan fingerprint density at radius 3 is 2.24 bits per heavy atom. The molecule has 0 aromatic heterocycles. The van der Waals surface area contributed by atoms with Gasteiger partial charge in [-0.2, -0.15) is 0 Å². The molecule has 0 bridgehead atoms. The number of unbranched alkanes of at least 4 members (excludes halogenated alkanes) is 2. The molecule has 0 aliphatic carbocycles. The van der Waals surface area contributed by atoms with Gasteiger partial charge in [0.05, 0.1) is 5.92 Å². The summed E-state index contributed by atoms with van der Waals surface area (Å²) in [6.07, 6.45) is 3.94. The van der Waals surface area contributed by atoms with Crippen LogP contribution in [-0.2, 0) is 9.59 Å². The van der Waals surface area contributed by atoms with Crippen LogP contribution in [0.15, 0.2) is 24.3 Å². The zero-order valence-corrected chi connectivity index (χ0v) is 13.1. The molecule has 0 aliphatic heterocycles. The monoisotopic (exact) mass is 292 g/mol. The Balaban J connectivity index is 2.66. The van der Waals surface area contributed by atoms with Gasteiger partial charge < -0.3 is 9.47 Å². The first-order valence-corrected chi connectivity index (χ1v) is 7.59. The van der Waals surface area contributed by atoms with Crippen molar-refractivity contribution in [2.45, 2.75) is 52.9 Å². The number of carbonyl (C=O) groups is 2. The first kappa shape index (κ1) is 17.2. The van der Waals surface area contributed by atoms with E-state index >= 15 is 0 Å². The first-order valence-electron chi connectivity index (χ1n) is 7.59. The Bertz CT molecular complexity index is 468. The SMILES string of the molecule is CCCCCC(=O)Oc1ccccc1OC(=O)C(C)CC. The zero-order valence-electron chi connectivity index (χ0n) is 13.1. The van der Waals surface area contributed by atoms with Crippen molar-refractivity contribution in [3.63, 3.8) is 0 Å². The molecule has 0 saturated heterocycles. The van der Waals surface area contributed by atoms with Gasteiger partial charge in [-0.1, -0.05) is 45.7 Å². The summed E-state index contributed by atoms with van der Waals surface area (Å²) < 4.78 is 10.6. The van der Waals surface area contributed by atoms with Gasteiger partial charge in [0, 0.05) is 6.42 Å². The Labute approximate surface area is 126 Å². The second-order valence-corrected chi connectivity index (χ2v) is 5.11. The fraction of sp³-hybridized carbons (Fsp3) is 0.529. The minimum Gasteiger partial charge on any atom is -0.423 e. The summed E-state index contributed by atoms with van der Waals surface area (Å²) in [5.74, 6) is -0.192. The number of esters is 2. The average molecular weight is 292 g/mol. The number of para-hydroxylation sites is 2. The molecule has 1 atom stereocenters. The minimum absolute atomic E-state index is 0.182. The standard InChI is InChI=1S/C17H24O4/c1-4-6-7-12-16(18)20-14-10-8-9-11-15(14)21-17(19)13(3)5-2/h8-11,13H,4-7,12H2,1-3H3. The second-order valence-electron chi connectivity index (χ2n) is 5.11. The van der Waals surface area contributed by atoms with Crippen LogP contribution in [0.4, 0.5) is 0 Å². The minimum atomic E-state index is -0.313. The summed E-state index contributed by atoms with van der Waals surface area (Å²) in [5.41, 5.74) is 0. The van der Waals surface area contributed by atoms with Crippen molar-refractivity contribution >= 4 is 11.9 Å². The Morgan fingerprint density at radius 1 is 1.05 bits per heavy atom. The van der Waals surface area contributed by atoms with E-state index in [4.69, 9.17) is 9.47 Å². The predicted molar refractivity (Wildman–Crippen MR) is 81.3 cm³/mol. The van der Waals surface area contributed by atoms with E-state index in [1.165, 1.54) is 0 Å². The van der Waals surface area contributed by atoms with Gasteiger partial charge in [-0.05, 0) is 25.0 Å². The zero-order chi connectivity index (χ0) is 15.7. The van der Waals surface area contributed by atoms with Gasteiger partial charge in [-0.3, -0.25) is 9.59 Å². The molecule has 0 N–H and O–H groups in total. The van der Waals surface area contributed by atoms with Crippen LogP contribution in [-0.4, -0.2) is 11.9 Å². The Morgan fingerprint density at radius 2 is 1.67 bits per heavy atom. The van der Waals surface area contributed by atoms with Crippen molar-refractivity contribution in [1.29, 1.82) is 0 Å². The number of hydrogen-bond acceptors (Lipinski definition) is 4. The number of ether oxygens (including phenoxy) is 2. The summed E-state index contributed by atoms with van der Waals surface area (Å²) in [7, 11) is 0. The van der Waals surface area contributed by atoms with Crippen molar-refractivity contribution in [3.8, 4) is 11.5 Å². The summed E-state index contributed by atoms with van der Waals surface area (Å²) in [5, 5.41) is 0.